The molecule has 0 spiro atoms. The summed E-state index contributed by atoms with van der Waals surface area (Å²) < 4.78 is 0. The Labute approximate surface area is 82.3 Å². The molecule has 1 aliphatic rings. The van der Waals surface area contributed by atoms with E-state index in [-0.39, 0.29) is 11.8 Å². The summed E-state index contributed by atoms with van der Waals surface area (Å²) in [6, 6.07) is 5.22. The molecule has 1 aromatic rings. The number of hydrogen-bond acceptors (Lipinski definition) is 2. The number of rotatable bonds is 2. The summed E-state index contributed by atoms with van der Waals surface area (Å²) in [6.07, 6.45) is 2.35. The molecule has 3 N–H and O–H groups in total. The van der Waals surface area contributed by atoms with Gasteiger partial charge in [0.05, 0.1) is 5.02 Å². The van der Waals surface area contributed by atoms with E-state index in [2.05, 4.69) is 0 Å². The normalized spacial score (nSPS) is 18.6. The summed E-state index contributed by atoms with van der Waals surface area (Å²) in [7, 11) is 0. The minimum absolute atomic E-state index is 0.0143. The van der Waals surface area contributed by atoms with Gasteiger partial charge in [0.1, 0.15) is 5.75 Å². The van der Waals surface area contributed by atoms with Gasteiger partial charge in [-0.05, 0) is 30.4 Å². The van der Waals surface area contributed by atoms with Gasteiger partial charge in [0.15, 0.2) is 0 Å². The second-order valence-corrected chi connectivity index (χ2v) is 3.92. The van der Waals surface area contributed by atoms with Gasteiger partial charge in [0.25, 0.3) is 0 Å². The molecular weight excluding hydrogens is 186 g/mol. The quantitative estimate of drug-likeness (QED) is 0.765. The standard InChI is InChI=1S/C10H12ClNO/c11-9-7(2-1-3-8(9)13)10(12)6-4-5-6/h1-3,6,10,13H,4-5,12H2/t10-/m1/s1. The van der Waals surface area contributed by atoms with Crippen molar-refractivity contribution in [2.45, 2.75) is 18.9 Å². The topological polar surface area (TPSA) is 46.2 Å². The fourth-order valence-electron chi connectivity index (χ4n) is 1.50. The van der Waals surface area contributed by atoms with E-state index in [1.807, 2.05) is 6.07 Å². The third-order valence-corrected chi connectivity index (χ3v) is 2.91. The van der Waals surface area contributed by atoms with Crippen molar-refractivity contribution in [1.82, 2.24) is 0 Å². The molecule has 2 rings (SSSR count). The van der Waals surface area contributed by atoms with Crippen molar-refractivity contribution < 1.29 is 5.11 Å². The van der Waals surface area contributed by atoms with Gasteiger partial charge in [0, 0.05) is 6.04 Å². The van der Waals surface area contributed by atoms with Crippen molar-refractivity contribution in [3.05, 3.63) is 28.8 Å². The van der Waals surface area contributed by atoms with E-state index in [0.29, 0.717) is 10.9 Å². The smallest absolute Gasteiger partial charge is 0.134 e. The van der Waals surface area contributed by atoms with E-state index < -0.39 is 0 Å². The van der Waals surface area contributed by atoms with Crippen LogP contribution in [0.2, 0.25) is 5.02 Å². The van der Waals surface area contributed by atoms with Crippen molar-refractivity contribution in [3.63, 3.8) is 0 Å². The fraction of sp³-hybridized carbons (Fsp3) is 0.400. The maximum atomic E-state index is 9.36. The predicted molar refractivity (Wildman–Crippen MR) is 52.8 cm³/mol. The summed E-state index contributed by atoms with van der Waals surface area (Å²) in [5.41, 5.74) is 6.84. The number of benzene rings is 1. The Morgan fingerprint density at radius 3 is 2.77 bits per heavy atom. The Hall–Kier alpha value is -0.730. The van der Waals surface area contributed by atoms with Crippen molar-refractivity contribution in [1.29, 1.82) is 0 Å². The number of aromatic hydroxyl groups is 1. The van der Waals surface area contributed by atoms with Crippen LogP contribution in [-0.2, 0) is 0 Å². The molecule has 3 heteroatoms. The number of phenolic OH excluding ortho intramolecular Hbond substituents is 1. The predicted octanol–water partition coefficient (Wildman–Crippen LogP) is 2.46. The third kappa shape index (κ3) is 1.64. The van der Waals surface area contributed by atoms with Gasteiger partial charge in [0.2, 0.25) is 0 Å². The van der Waals surface area contributed by atoms with Crippen molar-refractivity contribution in [2.75, 3.05) is 0 Å². The molecule has 1 fully saturated rings. The van der Waals surface area contributed by atoms with Crippen LogP contribution in [0.1, 0.15) is 24.4 Å². The Kier molecular flexibility index (Phi) is 2.18. The molecule has 0 aromatic heterocycles. The van der Waals surface area contributed by atoms with E-state index in [9.17, 15) is 5.11 Å². The molecule has 1 atom stereocenters. The summed E-state index contributed by atoms with van der Waals surface area (Å²) in [5.74, 6) is 0.676. The van der Waals surface area contributed by atoms with E-state index in [4.69, 9.17) is 17.3 Å². The number of halogens is 1. The SMILES string of the molecule is N[C@@H](c1cccc(O)c1Cl)C1CC1. The first-order chi connectivity index (χ1) is 6.20. The number of hydrogen-bond donors (Lipinski definition) is 2. The Bertz CT molecular complexity index is 323. The first-order valence-electron chi connectivity index (χ1n) is 4.43. The van der Waals surface area contributed by atoms with E-state index in [0.717, 1.165) is 5.56 Å². The van der Waals surface area contributed by atoms with Gasteiger partial charge in [-0.2, -0.15) is 0 Å². The van der Waals surface area contributed by atoms with Crippen LogP contribution in [0.4, 0.5) is 0 Å². The van der Waals surface area contributed by atoms with Gasteiger partial charge in [-0.1, -0.05) is 23.7 Å². The average molecular weight is 198 g/mol. The van der Waals surface area contributed by atoms with Gasteiger partial charge in [-0.3, -0.25) is 0 Å². The lowest BCUT2D eigenvalue weighted by atomic mass is 10.0. The van der Waals surface area contributed by atoms with E-state index >= 15 is 0 Å². The van der Waals surface area contributed by atoms with Gasteiger partial charge in [-0.15, -0.1) is 0 Å². The molecule has 0 heterocycles. The minimum Gasteiger partial charge on any atom is -0.506 e. The number of phenols is 1. The molecule has 0 saturated heterocycles. The molecule has 1 aromatic carbocycles. The summed E-state index contributed by atoms with van der Waals surface area (Å²) in [4.78, 5) is 0. The Balaban J connectivity index is 2.32. The lowest BCUT2D eigenvalue weighted by molar-refractivity contribution is 0.473. The highest BCUT2D eigenvalue weighted by molar-refractivity contribution is 6.32. The van der Waals surface area contributed by atoms with E-state index in [1.54, 1.807) is 12.1 Å². The van der Waals surface area contributed by atoms with Crippen molar-refractivity contribution in [3.8, 4) is 5.75 Å². The number of nitrogens with two attached hydrogens (primary N) is 1. The second-order valence-electron chi connectivity index (χ2n) is 3.54. The largest absolute Gasteiger partial charge is 0.506 e. The molecule has 0 amide bonds. The van der Waals surface area contributed by atoms with Gasteiger partial charge >= 0.3 is 0 Å². The van der Waals surface area contributed by atoms with Crippen LogP contribution in [0.15, 0.2) is 18.2 Å². The van der Waals surface area contributed by atoms with Crippen LogP contribution >= 0.6 is 11.6 Å². The molecular formula is C10H12ClNO. The molecule has 1 saturated carbocycles. The summed E-state index contributed by atoms with van der Waals surface area (Å²) in [6.45, 7) is 0. The van der Waals surface area contributed by atoms with Crippen LogP contribution in [0, 0.1) is 5.92 Å². The van der Waals surface area contributed by atoms with Gasteiger partial charge < -0.3 is 10.8 Å². The second kappa shape index (κ2) is 3.20. The Morgan fingerprint density at radius 2 is 2.15 bits per heavy atom. The summed E-state index contributed by atoms with van der Waals surface area (Å²) in [5, 5.41) is 9.77. The summed E-state index contributed by atoms with van der Waals surface area (Å²) >= 11 is 5.93. The zero-order chi connectivity index (χ0) is 9.42. The molecule has 0 aliphatic heterocycles. The monoisotopic (exact) mass is 197 g/mol. The van der Waals surface area contributed by atoms with E-state index in [1.165, 1.54) is 12.8 Å². The average Bonchev–Trinajstić information content (AvgIpc) is 2.91. The molecule has 0 radical (unpaired) electrons. The maximum Gasteiger partial charge on any atom is 0.134 e. The minimum atomic E-state index is -0.0143. The first-order valence-corrected chi connectivity index (χ1v) is 4.81. The van der Waals surface area contributed by atoms with Crippen molar-refractivity contribution in [2.24, 2.45) is 11.7 Å². The first kappa shape index (κ1) is 8.85. The third-order valence-electron chi connectivity index (χ3n) is 2.50. The van der Waals surface area contributed by atoms with Gasteiger partial charge in [-0.25, -0.2) is 0 Å². The fourth-order valence-corrected chi connectivity index (χ4v) is 1.76. The molecule has 1 aliphatic carbocycles. The lowest BCUT2D eigenvalue weighted by Gasteiger charge is -2.12. The van der Waals surface area contributed by atoms with Crippen LogP contribution in [-0.4, -0.2) is 5.11 Å². The molecule has 0 bridgehead atoms. The molecule has 2 nitrogen and oxygen atoms in total. The highest BCUT2D eigenvalue weighted by Gasteiger charge is 2.30. The highest BCUT2D eigenvalue weighted by Crippen LogP contribution is 2.42. The van der Waals surface area contributed by atoms with Crippen LogP contribution in [0.25, 0.3) is 0 Å². The Morgan fingerprint density at radius 1 is 1.46 bits per heavy atom. The van der Waals surface area contributed by atoms with Crippen LogP contribution in [0.3, 0.4) is 0 Å². The maximum absolute atomic E-state index is 9.36. The van der Waals surface area contributed by atoms with Crippen molar-refractivity contribution >= 4 is 11.6 Å². The molecule has 0 unspecified atom stereocenters. The highest BCUT2D eigenvalue weighted by atomic mass is 35.5. The molecule has 70 valence electrons. The zero-order valence-electron chi connectivity index (χ0n) is 7.20. The molecule has 13 heavy (non-hydrogen) atoms. The lowest BCUT2D eigenvalue weighted by Crippen LogP contribution is -2.12. The zero-order valence-corrected chi connectivity index (χ0v) is 7.96. The van der Waals surface area contributed by atoms with Crippen LogP contribution < -0.4 is 5.73 Å². The van der Waals surface area contributed by atoms with Crippen LogP contribution in [0.5, 0.6) is 5.75 Å².